The molecule has 2 nitrogen and oxygen atoms in total. The van der Waals surface area contributed by atoms with Crippen molar-refractivity contribution >= 4 is 0 Å². The standard InChI is InChI=1S/C11H10FNO/c1-8(2)7-14-11-5-3-4-10(12)9(11)6-13/h3-5H,1,7H2,2H3. The van der Waals surface area contributed by atoms with Crippen LogP contribution in [-0.2, 0) is 0 Å². The smallest absolute Gasteiger partial charge is 0.144 e. The Kier molecular flexibility index (Phi) is 3.24. The number of hydrogen-bond donors (Lipinski definition) is 0. The topological polar surface area (TPSA) is 33.0 Å². The van der Waals surface area contributed by atoms with Gasteiger partial charge in [0.2, 0.25) is 0 Å². The van der Waals surface area contributed by atoms with Crippen molar-refractivity contribution in [1.82, 2.24) is 0 Å². The first-order valence-corrected chi connectivity index (χ1v) is 4.11. The van der Waals surface area contributed by atoms with Crippen LogP contribution in [0.15, 0.2) is 30.4 Å². The second kappa shape index (κ2) is 4.43. The summed E-state index contributed by atoms with van der Waals surface area (Å²) < 4.78 is 18.3. The molecule has 1 aromatic rings. The Hall–Kier alpha value is -1.82. The first-order chi connectivity index (χ1) is 6.65. The molecule has 0 unspecified atom stereocenters. The van der Waals surface area contributed by atoms with Crippen LogP contribution in [0.4, 0.5) is 4.39 Å². The van der Waals surface area contributed by atoms with Crippen LogP contribution < -0.4 is 4.74 Å². The van der Waals surface area contributed by atoms with Gasteiger partial charge in [-0.05, 0) is 24.6 Å². The SMILES string of the molecule is C=C(C)COc1cccc(F)c1C#N. The minimum atomic E-state index is -0.563. The molecule has 0 radical (unpaired) electrons. The lowest BCUT2D eigenvalue weighted by Crippen LogP contribution is -2.00. The molecule has 0 saturated carbocycles. The molecular formula is C11H10FNO. The number of halogens is 1. The Balaban J connectivity index is 2.92. The maximum atomic E-state index is 13.0. The molecule has 0 aliphatic carbocycles. The fraction of sp³-hybridized carbons (Fsp3) is 0.182. The monoisotopic (exact) mass is 191 g/mol. The van der Waals surface area contributed by atoms with E-state index in [1.165, 1.54) is 12.1 Å². The summed E-state index contributed by atoms with van der Waals surface area (Å²) >= 11 is 0. The summed E-state index contributed by atoms with van der Waals surface area (Å²) in [5.41, 5.74) is 0.756. The fourth-order valence-electron chi connectivity index (χ4n) is 0.934. The van der Waals surface area contributed by atoms with Gasteiger partial charge in [-0.1, -0.05) is 12.6 Å². The molecule has 1 aromatic carbocycles. The molecule has 1 rings (SSSR count). The lowest BCUT2D eigenvalue weighted by molar-refractivity contribution is 0.349. The highest BCUT2D eigenvalue weighted by Crippen LogP contribution is 2.20. The van der Waals surface area contributed by atoms with Crippen molar-refractivity contribution in [2.45, 2.75) is 6.92 Å². The third kappa shape index (κ3) is 2.33. The molecule has 72 valence electrons. The van der Waals surface area contributed by atoms with Crippen molar-refractivity contribution in [3.63, 3.8) is 0 Å². The quantitative estimate of drug-likeness (QED) is 0.688. The first-order valence-electron chi connectivity index (χ1n) is 4.11. The number of nitriles is 1. The predicted molar refractivity (Wildman–Crippen MR) is 51.4 cm³/mol. The van der Waals surface area contributed by atoms with E-state index in [0.29, 0.717) is 0 Å². The molecule has 0 atom stereocenters. The number of ether oxygens (including phenoxy) is 1. The molecule has 0 saturated heterocycles. The lowest BCUT2D eigenvalue weighted by Gasteiger charge is -2.07. The predicted octanol–water partition coefficient (Wildman–Crippen LogP) is 2.65. The first kappa shape index (κ1) is 10.3. The second-order valence-corrected chi connectivity index (χ2v) is 2.97. The average Bonchev–Trinajstić information content (AvgIpc) is 2.14. The van der Waals surface area contributed by atoms with Crippen LogP contribution in [0.1, 0.15) is 12.5 Å². The third-order valence-corrected chi connectivity index (χ3v) is 1.56. The van der Waals surface area contributed by atoms with Crippen LogP contribution in [0.3, 0.4) is 0 Å². The van der Waals surface area contributed by atoms with E-state index >= 15 is 0 Å². The summed E-state index contributed by atoms with van der Waals surface area (Å²) in [6.45, 7) is 5.73. The molecule has 3 heteroatoms. The van der Waals surface area contributed by atoms with E-state index in [1.807, 2.05) is 0 Å². The molecule has 0 amide bonds. The van der Waals surface area contributed by atoms with Crippen LogP contribution in [0.25, 0.3) is 0 Å². The highest BCUT2D eigenvalue weighted by Gasteiger charge is 2.08. The summed E-state index contributed by atoms with van der Waals surface area (Å²) in [6, 6.07) is 6.05. The van der Waals surface area contributed by atoms with Crippen LogP contribution in [0.2, 0.25) is 0 Å². The molecule has 0 aromatic heterocycles. The molecule has 0 aliphatic heterocycles. The normalized spacial score (nSPS) is 9.21. The Morgan fingerprint density at radius 3 is 2.93 bits per heavy atom. The van der Waals surface area contributed by atoms with Gasteiger partial charge in [0.1, 0.15) is 29.8 Å². The number of nitrogens with zero attached hydrogens (tertiary/aromatic N) is 1. The van der Waals surface area contributed by atoms with E-state index < -0.39 is 5.82 Å². The molecule has 0 heterocycles. The van der Waals surface area contributed by atoms with Gasteiger partial charge in [-0.2, -0.15) is 5.26 Å². The molecule has 14 heavy (non-hydrogen) atoms. The summed E-state index contributed by atoms with van der Waals surface area (Å²) in [4.78, 5) is 0. The zero-order valence-electron chi connectivity index (χ0n) is 7.88. The Morgan fingerprint density at radius 2 is 2.36 bits per heavy atom. The van der Waals surface area contributed by atoms with E-state index in [0.717, 1.165) is 5.57 Å². The highest BCUT2D eigenvalue weighted by molar-refractivity contribution is 5.43. The van der Waals surface area contributed by atoms with Gasteiger partial charge in [0.15, 0.2) is 0 Å². The summed E-state index contributed by atoms with van der Waals surface area (Å²) in [5, 5.41) is 8.67. The van der Waals surface area contributed by atoms with E-state index in [9.17, 15) is 4.39 Å². The second-order valence-electron chi connectivity index (χ2n) is 2.97. The molecular weight excluding hydrogens is 181 g/mol. The van der Waals surface area contributed by atoms with Crippen molar-refractivity contribution in [2.75, 3.05) is 6.61 Å². The van der Waals surface area contributed by atoms with Gasteiger partial charge in [0.05, 0.1) is 0 Å². The van der Waals surface area contributed by atoms with Crippen molar-refractivity contribution in [3.8, 4) is 11.8 Å². The van der Waals surface area contributed by atoms with Gasteiger partial charge in [0.25, 0.3) is 0 Å². The largest absolute Gasteiger partial charge is 0.488 e. The highest BCUT2D eigenvalue weighted by atomic mass is 19.1. The van der Waals surface area contributed by atoms with Crippen LogP contribution in [0, 0.1) is 17.1 Å². The van der Waals surface area contributed by atoms with Crippen molar-refractivity contribution in [2.24, 2.45) is 0 Å². The van der Waals surface area contributed by atoms with Gasteiger partial charge in [-0.25, -0.2) is 4.39 Å². The minimum Gasteiger partial charge on any atom is -0.488 e. The summed E-state index contributed by atoms with van der Waals surface area (Å²) in [6.07, 6.45) is 0. The van der Waals surface area contributed by atoms with E-state index in [4.69, 9.17) is 10.00 Å². The molecule has 0 fully saturated rings. The van der Waals surface area contributed by atoms with E-state index in [1.54, 1.807) is 19.1 Å². The van der Waals surface area contributed by atoms with Gasteiger partial charge in [-0.15, -0.1) is 0 Å². The Morgan fingerprint density at radius 1 is 1.64 bits per heavy atom. The lowest BCUT2D eigenvalue weighted by atomic mass is 10.2. The van der Waals surface area contributed by atoms with Crippen molar-refractivity contribution in [1.29, 1.82) is 5.26 Å². The zero-order valence-corrected chi connectivity index (χ0v) is 7.88. The molecule has 0 spiro atoms. The number of benzene rings is 1. The van der Waals surface area contributed by atoms with Gasteiger partial charge >= 0.3 is 0 Å². The molecule has 0 bridgehead atoms. The van der Waals surface area contributed by atoms with Crippen LogP contribution in [0.5, 0.6) is 5.75 Å². The third-order valence-electron chi connectivity index (χ3n) is 1.56. The molecule has 0 N–H and O–H groups in total. The van der Waals surface area contributed by atoms with Crippen molar-refractivity contribution in [3.05, 3.63) is 41.7 Å². The van der Waals surface area contributed by atoms with Gasteiger partial charge < -0.3 is 4.74 Å². The average molecular weight is 191 g/mol. The fourth-order valence-corrected chi connectivity index (χ4v) is 0.934. The Bertz CT molecular complexity index is 393. The van der Waals surface area contributed by atoms with E-state index in [2.05, 4.69) is 6.58 Å². The maximum absolute atomic E-state index is 13.0. The van der Waals surface area contributed by atoms with Gasteiger partial charge in [-0.3, -0.25) is 0 Å². The van der Waals surface area contributed by atoms with E-state index in [-0.39, 0.29) is 17.9 Å². The summed E-state index contributed by atoms with van der Waals surface area (Å²) in [5.74, 6) is -0.304. The maximum Gasteiger partial charge on any atom is 0.144 e. The molecule has 0 aliphatic rings. The van der Waals surface area contributed by atoms with Crippen LogP contribution >= 0.6 is 0 Å². The summed E-state index contributed by atoms with van der Waals surface area (Å²) in [7, 11) is 0. The minimum absolute atomic E-state index is 0.0613. The van der Waals surface area contributed by atoms with Crippen molar-refractivity contribution < 1.29 is 9.13 Å². The zero-order chi connectivity index (χ0) is 10.6. The van der Waals surface area contributed by atoms with Gasteiger partial charge in [0, 0.05) is 0 Å². The Labute approximate surface area is 82.2 Å². The number of rotatable bonds is 3. The van der Waals surface area contributed by atoms with Crippen LogP contribution in [-0.4, -0.2) is 6.61 Å². The number of hydrogen-bond acceptors (Lipinski definition) is 2.